The number of carboxylic acids is 1. The molecule has 3 N–H and O–H groups in total. The fraction of sp³-hybridized carbons (Fsp3) is 0.667. The Bertz CT molecular complexity index is 482. The lowest BCUT2D eigenvalue weighted by Gasteiger charge is -2.10. The molecule has 1 aromatic rings. The molecule has 0 saturated carbocycles. The summed E-state index contributed by atoms with van der Waals surface area (Å²) in [4.78, 5) is 26.4. The van der Waals surface area contributed by atoms with Gasteiger partial charge in [-0.15, -0.1) is 0 Å². The van der Waals surface area contributed by atoms with Crippen molar-refractivity contribution in [2.45, 2.75) is 44.7 Å². The molecule has 0 aliphatic carbocycles. The first kappa shape index (κ1) is 14.4. The third kappa shape index (κ3) is 3.77. The van der Waals surface area contributed by atoms with E-state index in [-0.39, 0.29) is 24.3 Å². The van der Waals surface area contributed by atoms with Crippen LogP contribution in [-0.2, 0) is 4.79 Å². The summed E-state index contributed by atoms with van der Waals surface area (Å²) in [5.74, 6) is -0.933. The first-order chi connectivity index (χ1) is 9.56. The first-order valence-electron chi connectivity index (χ1n) is 6.66. The van der Waals surface area contributed by atoms with Gasteiger partial charge in [0.05, 0.1) is 6.04 Å². The van der Waals surface area contributed by atoms with Crippen LogP contribution in [0.5, 0.6) is 0 Å². The molecule has 20 heavy (non-hydrogen) atoms. The Hall–Kier alpha value is -1.96. The number of nitrogens with one attached hydrogen (secondary N) is 2. The summed E-state index contributed by atoms with van der Waals surface area (Å²) < 4.78 is 5.07. The van der Waals surface area contributed by atoms with Crippen molar-refractivity contribution >= 4 is 11.9 Å². The molecule has 1 aliphatic heterocycles. The molecule has 0 bridgehead atoms. The zero-order valence-corrected chi connectivity index (χ0v) is 11.3. The van der Waals surface area contributed by atoms with Crippen LogP contribution >= 0.6 is 0 Å². The third-order valence-corrected chi connectivity index (χ3v) is 3.17. The van der Waals surface area contributed by atoms with E-state index in [2.05, 4.69) is 20.8 Å². The van der Waals surface area contributed by atoms with E-state index in [1.807, 2.05) is 0 Å². The summed E-state index contributed by atoms with van der Waals surface area (Å²) >= 11 is 0. The van der Waals surface area contributed by atoms with Gasteiger partial charge in [-0.25, -0.2) is 0 Å². The van der Waals surface area contributed by atoms with Gasteiger partial charge in [-0.2, -0.15) is 4.98 Å². The summed E-state index contributed by atoms with van der Waals surface area (Å²) in [6, 6.07) is -0.237. The Kier molecular flexibility index (Phi) is 4.67. The van der Waals surface area contributed by atoms with Gasteiger partial charge in [0, 0.05) is 12.5 Å². The molecule has 8 heteroatoms. The van der Waals surface area contributed by atoms with E-state index >= 15 is 0 Å². The number of carbonyl (C=O) groups is 2. The summed E-state index contributed by atoms with van der Waals surface area (Å²) in [6.45, 7) is 2.64. The zero-order chi connectivity index (χ0) is 14.5. The lowest BCUT2D eigenvalue weighted by Crippen LogP contribution is -2.33. The maximum atomic E-state index is 11.9. The Morgan fingerprint density at radius 1 is 1.60 bits per heavy atom. The minimum atomic E-state index is -0.889. The van der Waals surface area contributed by atoms with Crippen molar-refractivity contribution < 1.29 is 19.2 Å². The molecule has 1 amide bonds. The van der Waals surface area contributed by atoms with Crippen LogP contribution < -0.4 is 10.6 Å². The number of rotatable bonds is 6. The van der Waals surface area contributed by atoms with E-state index in [1.54, 1.807) is 6.92 Å². The second-order valence-electron chi connectivity index (χ2n) is 4.91. The van der Waals surface area contributed by atoms with Crippen molar-refractivity contribution in [2.75, 3.05) is 6.54 Å². The molecular weight excluding hydrogens is 264 g/mol. The molecule has 0 aromatic carbocycles. The van der Waals surface area contributed by atoms with Crippen molar-refractivity contribution in [3.05, 3.63) is 11.7 Å². The molecule has 2 atom stereocenters. The van der Waals surface area contributed by atoms with E-state index in [1.165, 1.54) is 0 Å². The number of aliphatic carboxylic acids is 1. The summed E-state index contributed by atoms with van der Waals surface area (Å²) in [6.07, 6.45) is 2.32. The predicted octanol–water partition coefficient (Wildman–Crippen LogP) is 0.477. The Balaban J connectivity index is 1.87. The topological polar surface area (TPSA) is 117 Å². The maximum absolute atomic E-state index is 11.9. The molecule has 2 unspecified atom stereocenters. The minimum absolute atomic E-state index is 0.00490. The number of hydrogen-bond donors (Lipinski definition) is 3. The lowest BCUT2D eigenvalue weighted by atomic mass is 10.2. The molecule has 1 aliphatic rings. The highest BCUT2D eigenvalue weighted by Gasteiger charge is 2.24. The van der Waals surface area contributed by atoms with Crippen LogP contribution in [-0.4, -0.2) is 39.7 Å². The van der Waals surface area contributed by atoms with Crippen LogP contribution in [0.25, 0.3) is 0 Å². The molecule has 1 aromatic heterocycles. The number of carboxylic acid groups (broad SMARTS) is 1. The minimum Gasteiger partial charge on any atom is -0.481 e. The quantitative estimate of drug-likeness (QED) is 0.694. The lowest BCUT2D eigenvalue weighted by molar-refractivity contribution is -0.137. The van der Waals surface area contributed by atoms with E-state index in [0.717, 1.165) is 19.4 Å². The van der Waals surface area contributed by atoms with Gasteiger partial charge in [-0.05, 0) is 32.7 Å². The Morgan fingerprint density at radius 2 is 2.40 bits per heavy atom. The monoisotopic (exact) mass is 282 g/mol. The molecule has 0 spiro atoms. The van der Waals surface area contributed by atoms with Crippen molar-refractivity contribution in [3.63, 3.8) is 0 Å². The number of carbonyl (C=O) groups excluding carboxylic acids is 1. The van der Waals surface area contributed by atoms with Crippen molar-refractivity contribution in [1.82, 2.24) is 20.8 Å². The predicted molar refractivity (Wildman–Crippen MR) is 68.1 cm³/mol. The van der Waals surface area contributed by atoms with E-state index in [9.17, 15) is 9.59 Å². The fourth-order valence-electron chi connectivity index (χ4n) is 2.06. The SMILES string of the molecule is CC(CCC(=O)O)NC(=O)c1noc(C2CCCN2)n1. The first-order valence-corrected chi connectivity index (χ1v) is 6.66. The van der Waals surface area contributed by atoms with E-state index in [0.29, 0.717) is 12.3 Å². The summed E-state index contributed by atoms with van der Waals surface area (Å²) in [5.41, 5.74) is 0. The van der Waals surface area contributed by atoms with Gasteiger partial charge < -0.3 is 20.3 Å². The molecular formula is C12H18N4O4. The highest BCUT2D eigenvalue weighted by Crippen LogP contribution is 2.20. The van der Waals surface area contributed by atoms with Crippen molar-refractivity contribution in [1.29, 1.82) is 0 Å². The van der Waals surface area contributed by atoms with Crippen LogP contribution in [0.3, 0.4) is 0 Å². The number of nitrogens with zero attached hydrogens (tertiary/aromatic N) is 2. The van der Waals surface area contributed by atoms with Gasteiger partial charge in [-0.3, -0.25) is 9.59 Å². The molecule has 110 valence electrons. The summed E-state index contributed by atoms with van der Waals surface area (Å²) in [7, 11) is 0. The highest BCUT2D eigenvalue weighted by molar-refractivity contribution is 5.90. The van der Waals surface area contributed by atoms with E-state index in [4.69, 9.17) is 9.63 Å². The van der Waals surface area contributed by atoms with E-state index < -0.39 is 11.9 Å². The van der Waals surface area contributed by atoms with Gasteiger partial charge in [0.15, 0.2) is 0 Å². The van der Waals surface area contributed by atoms with Gasteiger partial charge >= 0.3 is 5.97 Å². The van der Waals surface area contributed by atoms with Crippen LogP contribution in [0.15, 0.2) is 4.52 Å². The highest BCUT2D eigenvalue weighted by atomic mass is 16.5. The summed E-state index contributed by atoms with van der Waals surface area (Å²) in [5, 5.41) is 18.1. The Labute approximate surface area is 115 Å². The number of hydrogen-bond acceptors (Lipinski definition) is 6. The zero-order valence-electron chi connectivity index (χ0n) is 11.3. The second-order valence-corrected chi connectivity index (χ2v) is 4.91. The standard InChI is InChI=1S/C12H18N4O4/c1-7(4-5-9(17)18)14-11(19)10-15-12(20-16-10)8-3-2-6-13-8/h7-8,13H,2-6H2,1H3,(H,14,19)(H,17,18). The molecule has 8 nitrogen and oxygen atoms in total. The van der Waals surface area contributed by atoms with Gasteiger partial charge in [-0.1, -0.05) is 5.16 Å². The molecule has 2 heterocycles. The fourth-order valence-corrected chi connectivity index (χ4v) is 2.06. The molecule has 0 radical (unpaired) electrons. The van der Waals surface area contributed by atoms with Crippen LogP contribution in [0.1, 0.15) is 55.2 Å². The smallest absolute Gasteiger partial charge is 0.303 e. The average Bonchev–Trinajstić information content (AvgIpc) is 3.06. The second kappa shape index (κ2) is 6.47. The normalized spacial score (nSPS) is 19.8. The van der Waals surface area contributed by atoms with Crippen LogP contribution in [0.2, 0.25) is 0 Å². The van der Waals surface area contributed by atoms with Gasteiger partial charge in [0.1, 0.15) is 0 Å². The number of aromatic nitrogens is 2. The number of amides is 1. The van der Waals surface area contributed by atoms with Gasteiger partial charge in [0.2, 0.25) is 5.89 Å². The van der Waals surface area contributed by atoms with Gasteiger partial charge in [0.25, 0.3) is 11.7 Å². The maximum Gasteiger partial charge on any atom is 0.303 e. The third-order valence-electron chi connectivity index (χ3n) is 3.17. The largest absolute Gasteiger partial charge is 0.481 e. The average molecular weight is 282 g/mol. The molecule has 1 saturated heterocycles. The van der Waals surface area contributed by atoms with Crippen molar-refractivity contribution in [3.8, 4) is 0 Å². The Morgan fingerprint density at radius 3 is 3.05 bits per heavy atom. The molecule has 1 fully saturated rings. The van der Waals surface area contributed by atoms with Crippen LogP contribution in [0.4, 0.5) is 0 Å². The van der Waals surface area contributed by atoms with Crippen molar-refractivity contribution in [2.24, 2.45) is 0 Å². The van der Waals surface area contributed by atoms with Crippen LogP contribution in [0, 0.1) is 0 Å². The molecule has 2 rings (SSSR count).